The molecule has 2 nitrogen and oxygen atoms in total. The average Bonchev–Trinajstić information content (AvgIpc) is 2.87. The molecule has 18 heavy (non-hydrogen) atoms. The molecule has 2 aromatic rings. The highest BCUT2D eigenvalue weighted by Gasteiger charge is 2.15. The molecule has 3 heteroatoms. The molecular weight excluding hydrogens is 248 g/mol. The predicted octanol–water partition coefficient (Wildman–Crippen LogP) is 4.37. The zero-order chi connectivity index (χ0) is 13.0. The van der Waals surface area contributed by atoms with Crippen molar-refractivity contribution in [2.75, 3.05) is 7.11 Å². The number of rotatable bonds is 5. The van der Waals surface area contributed by atoms with E-state index in [9.17, 15) is 0 Å². The lowest BCUT2D eigenvalue weighted by Gasteiger charge is -2.10. The molecule has 0 aliphatic carbocycles. The minimum absolute atomic E-state index is 0.0641. The minimum Gasteiger partial charge on any atom is -0.497 e. The van der Waals surface area contributed by atoms with Crippen molar-refractivity contribution in [1.82, 2.24) is 0 Å². The fourth-order valence-electron chi connectivity index (χ4n) is 2.03. The van der Waals surface area contributed by atoms with Crippen molar-refractivity contribution >= 4 is 11.6 Å². The van der Waals surface area contributed by atoms with E-state index in [0.29, 0.717) is 0 Å². The third-order valence-corrected chi connectivity index (χ3v) is 3.38. The van der Waals surface area contributed by atoms with Crippen LogP contribution in [0.3, 0.4) is 0 Å². The molecule has 1 atom stereocenters. The Kier molecular flexibility index (Phi) is 4.32. The second-order valence-corrected chi connectivity index (χ2v) is 4.70. The summed E-state index contributed by atoms with van der Waals surface area (Å²) in [6.07, 6.45) is 3.34. The van der Waals surface area contributed by atoms with Crippen molar-refractivity contribution in [1.29, 1.82) is 0 Å². The molecule has 0 bridgehead atoms. The van der Waals surface area contributed by atoms with Crippen molar-refractivity contribution in [3.8, 4) is 5.75 Å². The maximum absolute atomic E-state index is 6.46. The monoisotopic (exact) mass is 264 g/mol. The Bertz CT molecular complexity index is 505. The molecule has 1 heterocycles. The van der Waals surface area contributed by atoms with Crippen molar-refractivity contribution in [3.05, 3.63) is 53.5 Å². The van der Waals surface area contributed by atoms with Gasteiger partial charge in [-0.05, 0) is 30.2 Å². The quantitative estimate of drug-likeness (QED) is 0.748. The minimum atomic E-state index is -0.0641. The number of methoxy groups -OCH3 is 1. The highest BCUT2D eigenvalue weighted by Crippen LogP contribution is 2.29. The Balaban J connectivity index is 2.13. The van der Waals surface area contributed by atoms with Gasteiger partial charge in [0.1, 0.15) is 11.5 Å². The summed E-state index contributed by atoms with van der Waals surface area (Å²) in [5.41, 5.74) is 2.25. The van der Waals surface area contributed by atoms with Crippen LogP contribution in [-0.2, 0) is 12.8 Å². The molecule has 0 saturated heterocycles. The molecule has 0 radical (unpaired) electrons. The summed E-state index contributed by atoms with van der Waals surface area (Å²) in [6.45, 7) is 2.07. The van der Waals surface area contributed by atoms with Gasteiger partial charge in [-0.3, -0.25) is 0 Å². The lowest BCUT2D eigenvalue weighted by molar-refractivity contribution is 0.414. The van der Waals surface area contributed by atoms with Crippen LogP contribution in [0.25, 0.3) is 0 Å². The molecule has 1 aromatic carbocycles. The van der Waals surface area contributed by atoms with Gasteiger partial charge in [0, 0.05) is 12.0 Å². The molecular formula is C15H17ClO2. The fourth-order valence-corrected chi connectivity index (χ4v) is 2.41. The zero-order valence-electron chi connectivity index (χ0n) is 10.7. The third kappa shape index (κ3) is 2.88. The number of hydrogen-bond donors (Lipinski definition) is 0. The van der Waals surface area contributed by atoms with E-state index < -0.39 is 0 Å². The topological polar surface area (TPSA) is 22.4 Å². The molecule has 1 unspecified atom stereocenters. The van der Waals surface area contributed by atoms with E-state index in [1.54, 1.807) is 13.4 Å². The molecule has 2 rings (SSSR count). The lowest BCUT2D eigenvalue weighted by atomic mass is 10.0. The summed E-state index contributed by atoms with van der Waals surface area (Å²) < 4.78 is 10.6. The van der Waals surface area contributed by atoms with E-state index in [1.807, 2.05) is 24.3 Å². The first kappa shape index (κ1) is 13.0. The van der Waals surface area contributed by atoms with E-state index in [-0.39, 0.29) is 5.38 Å². The Morgan fingerprint density at radius 3 is 2.89 bits per heavy atom. The highest BCUT2D eigenvalue weighted by molar-refractivity contribution is 6.21. The average molecular weight is 265 g/mol. The van der Waals surface area contributed by atoms with Gasteiger partial charge < -0.3 is 9.15 Å². The van der Waals surface area contributed by atoms with E-state index in [0.717, 1.165) is 35.5 Å². The van der Waals surface area contributed by atoms with E-state index in [1.165, 1.54) is 0 Å². The summed E-state index contributed by atoms with van der Waals surface area (Å²) in [4.78, 5) is 0. The second-order valence-electron chi connectivity index (χ2n) is 4.18. The number of hydrogen-bond acceptors (Lipinski definition) is 2. The maximum atomic E-state index is 6.46. The van der Waals surface area contributed by atoms with Crippen LogP contribution in [0.5, 0.6) is 5.75 Å². The smallest absolute Gasteiger partial charge is 0.119 e. The van der Waals surface area contributed by atoms with E-state index in [4.69, 9.17) is 20.8 Å². The van der Waals surface area contributed by atoms with Crippen LogP contribution in [0.15, 0.2) is 41.0 Å². The second kappa shape index (κ2) is 5.96. The number of ether oxygens (including phenoxy) is 1. The number of aryl methyl sites for hydroxylation is 1. The molecule has 1 aromatic heterocycles. The van der Waals surface area contributed by atoms with Gasteiger partial charge in [0.05, 0.1) is 18.8 Å². The van der Waals surface area contributed by atoms with E-state index >= 15 is 0 Å². The van der Waals surface area contributed by atoms with Crippen molar-refractivity contribution in [3.63, 3.8) is 0 Å². The first-order valence-corrected chi connectivity index (χ1v) is 6.51. The molecule has 0 N–H and O–H groups in total. The van der Waals surface area contributed by atoms with Gasteiger partial charge in [0.15, 0.2) is 0 Å². The maximum Gasteiger partial charge on any atom is 0.119 e. The number of halogens is 1. The Hall–Kier alpha value is -1.41. The number of furan rings is 1. The Morgan fingerprint density at radius 1 is 1.33 bits per heavy atom. The van der Waals surface area contributed by atoms with E-state index in [2.05, 4.69) is 13.0 Å². The normalized spacial score (nSPS) is 12.4. The van der Waals surface area contributed by atoms with Crippen molar-refractivity contribution < 1.29 is 9.15 Å². The third-order valence-electron chi connectivity index (χ3n) is 2.99. The number of alkyl halides is 1. The molecule has 96 valence electrons. The fraction of sp³-hybridized carbons (Fsp3) is 0.333. The summed E-state index contributed by atoms with van der Waals surface area (Å²) in [7, 11) is 1.67. The van der Waals surface area contributed by atoms with Crippen LogP contribution >= 0.6 is 11.6 Å². The van der Waals surface area contributed by atoms with Gasteiger partial charge in [-0.1, -0.05) is 19.1 Å². The first-order chi connectivity index (χ1) is 8.74. The van der Waals surface area contributed by atoms with Crippen molar-refractivity contribution in [2.24, 2.45) is 0 Å². The largest absolute Gasteiger partial charge is 0.497 e. The summed E-state index contributed by atoms with van der Waals surface area (Å²) in [5, 5.41) is -0.0641. The lowest BCUT2D eigenvalue weighted by Crippen LogP contribution is -1.98. The highest BCUT2D eigenvalue weighted by atomic mass is 35.5. The molecule has 0 saturated carbocycles. The van der Waals surface area contributed by atoms with Crippen LogP contribution < -0.4 is 4.74 Å². The molecule has 0 aliphatic rings. The van der Waals surface area contributed by atoms with Gasteiger partial charge in [-0.2, -0.15) is 0 Å². The van der Waals surface area contributed by atoms with Gasteiger partial charge in [-0.15, -0.1) is 11.6 Å². The van der Waals surface area contributed by atoms with Crippen LogP contribution in [0.2, 0.25) is 0 Å². The van der Waals surface area contributed by atoms with Crippen LogP contribution in [0.4, 0.5) is 0 Å². The zero-order valence-corrected chi connectivity index (χ0v) is 11.4. The van der Waals surface area contributed by atoms with Crippen LogP contribution in [-0.4, -0.2) is 7.11 Å². The molecule has 0 amide bonds. The Morgan fingerprint density at radius 2 is 2.17 bits per heavy atom. The standard InChI is InChI=1S/C15H17ClO2/c1-3-15-13(7-8-18-15)14(16)10-11-5-4-6-12(9-11)17-2/h4-9,14H,3,10H2,1-2H3. The van der Waals surface area contributed by atoms with Crippen LogP contribution in [0.1, 0.15) is 29.2 Å². The summed E-state index contributed by atoms with van der Waals surface area (Å²) in [5.74, 6) is 1.83. The van der Waals surface area contributed by atoms with Gasteiger partial charge in [0.25, 0.3) is 0 Å². The Labute approximate surface area is 113 Å². The molecule has 0 aliphatic heterocycles. The van der Waals surface area contributed by atoms with Gasteiger partial charge in [-0.25, -0.2) is 0 Å². The van der Waals surface area contributed by atoms with Gasteiger partial charge >= 0.3 is 0 Å². The summed E-state index contributed by atoms with van der Waals surface area (Å²) >= 11 is 6.46. The predicted molar refractivity (Wildman–Crippen MR) is 73.4 cm³/mol. The molecule has 0 fully saturated rings. The van der Waals surface area contributed by atoms with Crippen LogP contribution in [0, 0.1) is 0 Å². The number of benzene rings is 1. The molecule has 0 spiro atoms. The SMILES string of the molecule is CCc1occc1C(Cl)Cc1cccc(OC)c1. The van der Waals surface area contributed by atoms with Gasteiger partial charge in [0.2, 0.25) is 0 Å². The summed E-state index contributed by atoms with van der Waals surface area (Å²) in [6, 6.07) is 9.94. The van der Waals surface area contributed by atoms with Crippen molar-refractivity contribution in [2.45, 2.75) is 25.1 Å². The first-order valence-electron chi connectivity index (χ1n) is 6.07.